The van der Waals surface area contributed by atoms with Crippen molar-refractivity contribution in [3.8, 4) is 5.75 Å². The lowest BCUT2D eigenvalue weighted by molar-refractivity contribution is -0.128. The van der Waals surface area contributed by atoms with E-state index in [0.29, 0.717) is 30.9 Å². The standard InChI is InChI=1S/C21H29N3O3/c1-13-11-16(22)19-17(23-13)5-4-6-18(19)27-12-21(2,3)24-20(26)14-7-9-15(25)10-8-14/h4-6,11,14-15,25H,7-10,12H2,1-3H3,(H2,22,23)(H,24,26)/t14-,15+. The van der Waals surface area contributed by atoms with Gasteiger partial charge in [-0.1, -0.05) is 6.07 Å². The molecule has 2 aromatic rings. The Bertz CT molecular complexity index is 827. The summed E-state index contributed by atoms with van der Waals surface area (Å²) in [7, 11) is 0. The molecule has 1 amide bonds. The molecule has 0 bridgehead atoms. The molecule has 0 unspecified atom stereocenters. The number of nitrogen functional groups attached to an aromatic ring is 1. The summed E-state index contributed by atoms with van der Waals surface area (Å²) in [5.74, 6) is 0.666. The number of fused-ring (bicyclic) bond motifs is 1. The third-order valence-corrected chi connectivity index (χ3v) is 5.07. The van der Waals surface area contributed by atoms with Crippen molar-refractivity contribution >= 4 is 22.5 Å². The minimum atomic E-state index is -0.526. The highest BCUT2D eigenvalue weighted by Crippen LogP contribution is 2.31. The predicted octanol–water partition coefficient (Wildman–Crippen LogP) is 2.95. The lowest BCUT2D eigenvalue weighted by Gasteiger charge is -2.31. The zero-order chi connectivity index (χ0) is 19.6. The molecule has 1 aliphatic rings. The van der Waals surface area contributed by atoms with Gasteiger partial charge in [0.05, 0.1) is 22.5 Å². The number of carbonyl (C=O) groups excluding carboxylic acids is 1. The molecule has 0 atom stereocenters. The number of pyridine rings is 1. The molecule has 0 saturated heterocycles. The molecule has 1 aliphatic carbocycles. The van der Waals surface area contributed by atoms with E-state index in [2.05, 4.69) is 10.3 Å². The molecule has 3 rings (SSSR count). The topological polar surface area (TPSA) is 97.5 Å². The van der Waals surface area contributed by atoms with Crippen LogP contribution in [0.25, 0.3) is 10.9 Å². The van der Waals surface area contributed by atoms with Gasteiger partial charge in [-0.05, 0) is 64.7 Å². The van der Waals surface area contributed by atoms with Gasteiger partial charge in [0, 0.05) is 17.3 Å². The van der Waals surface area contributed by atoms with Crippen molar-refractivity contribution < 1.29 is 14.6 Å². The fourth-order valence-corrected chi connectivity index (χ4v) is 3.61. The number of nitrogens with zero attached hydrogens (tertiary/aromatic N) is 1. The number of ether oxygens (including phenoxy) is 1. The van der Waals surface area contributed by atoms with Crippen molar-refractivity contribution in [3.63, 3.8) is 0 Å². The maximum absolute atomic E-state index is 12.6. The number of aromatic nitrogens is 1. The van der Waals surface area contributed by atoms with Crippen molar-refractivity contribution in [2.75, 3.05) is 12.3 Å². The third-order valence-electron chi connectivity index (χ3n) is 5.07. The summed E-state index contributed by atoms with van der Waals surface area (Å²) >= 11 is 0. The van der Waals surface area contributed by atoms with Gasteiger partial charge in [-0.25, -0.2) is 0 Å². The normalized spacial score (nSPS) is 20.4. The van der Waals surface area contributed by atoms with E-state index in [1.165, 1.54) is 0 Å². The van der Waals surface area contributed by atoms with Crippen molar-refractivity contribution in [2.45, 2.75) is 58.1 Å². The van der Waals surface area contributed by atoms with Crippen molar-refractivity contribution in [1.29, 1.82) is 0 Å². The number of nitrogens with two attached hydrogens (primary N) is 1. The minimum Gasteiger partial charge on any atom is -0.490 e. The van der Waals surface area contributed by atoms with Crippen molar-refractivity contribution in [2.24, 2.45) is 5.92 Å². The highest BCUT2D eigenvalue weighted by Gasteiger charge is 2.29. The number of rotatable bonds is 5. The molecule has 1 aromatic carbocycles. The molecule has 146 valence electrons. The van der Waals surface area contributed by atoms with E-state index in [1.807, 2.05) is 45.0 Å². The second-order valence-electron chi connectivity index (χ2n) is 8.17. The lowest BCUT2D eigenvalue weighted by Crippen LogP contribution is -2.50. The molecule has 6 heteroatoms. The molecule has 0 aliphatic heterocycles. The Morgan fingerprint density at radius 2 is 2.04 bits per heavy atom. The SMILES string of the molecule is Cc1cc(N)c2c(OCC(C)(C)NC(=O)[C@H]3CC[C@@H](O)CC3)cccc2n1. The van der Waals surface area contributed by atoms with Crippen LogP contribution < -0.4 is 15.8 Å². The van der Waals surface area contributed by atoms with Gasteiger partial charge in [-0.3, -0.25) is 9.78 Å². The molecule has 1 aromatic heterocycles. The highest BCUT2D eigenvalue weighted by molar-refractivity contribution is 5.95. The summed E-state index contributed by atoms with van der Waals surface area (Å²) in [6, 6.07) is 7.51. The second kappa shape index (κ2) is 7.72. The van der Waals surface area contributed by atoms with Gasteiger partial charge in [0.15, 0.2) is 0 Å². The van der Waals surface area contributed by atoms with E-state index in [1.54, 1.807) is 0 Å². The fourth-order valence-electron chi connectivity index (χ4n) is 3.61. The maximum atomic E-state index is 12.6. The number of aliphatic hydroxyl groups excluding tert-OH is 1. The van der Waals surface area contributed by atoms with Gasteiger partial charge >= 0.3 is 0 Å². The van der Waals surface area contributed by atoms with Crippen LogP contribution in [0.15, 0.2) is 24.3 Å². The Kier molecular flexibility index (Phi) is 5.56. The summed E-state index contributed by atoms with van der Waals surface area (Å²) in [6.07, 6.45) is 2.58. The smallest absolute Gasteiger partial charge is 0.223 e. The number of benzene rings is 1. The molecule has 1 fully saturated rings. The largest absolute Gasteiger partial charge is 0.490 e. The maximum Gasteiger partial charge on any atom is 0.223 e. The van der Waals surface area contributed by atoms with Gasteiger partial charge in [-0.2, -0.15) is 0 Å². The number of hydrogen-bond donors (Lipinski definition) is 3. The van der Waals surface area contributed by atoms with Crippen LogP contribution in [0, 0.1) is 12.8 Å². The van der Waals surface area contributed by atoms with Crippen molar-refractivity contribution in [1.82, 2.24) is 10.3 Å². The zero-order valence-corrected chi connectivity index (χ0v) is 16.3. The third kappa shape index (κ3) is 4.69. The average Bonchev–Trinajstić information content (AvgIpc) is 2.59. The van der Waals surface area contributed by atoms with E-state index < -0.39 is 5.54 Å². The van der Waals surface area contributed by atoms with Crippen molar-refractivity contribution in [3.05, 3.63) is 30.0 Å². The number of anilines is 1. The van der Waals surface area contributed by atoms with Crippen LogP contribution in [-0.4, -0.2) is 34.2 Å². The Morgan fingerprint density at radius 1 is 1.33 bits per heavy atom. The Balaban J connectivity index is 1.67. The molecule has 4 N–H and O–H groups in total. The van der Waals surface area contributed by atoms with Gasteiger partial charge in [0.2, 0.25) is 5.91 Å². The first-order valence-electron chi connectivity index (χ1n) is 9.54. The lowest BCUT2D eigenvalue weighted by atomic mass is 9.86. The summed E-state index contributed by atoms with van der Waals surface area (Å²) < 4.78 is 6.04. The summed E-state index contributed by atoms with van der Waals surface area (Å²) in [6.45, 7) is 6.12. The summed E-state index contributed by atoms with van der Waals surface area (Å²) in [5, 5.41) is 13.5. The summed E-state index contributed by atoms with van der Waals surface area (Å²) in [4.78, 5) is 17.1. The van der Waals surface area contributed by atoms with E-state index in [-0.39, 0.29) is 17.9 Å². The monoisotopic (exact) mass is 371 g/mol. The first kappa shape index (κ1) is 19.4. The first-order valence-corrected chi connectivity index (χ1v) is 9.54. The van der Waals surface area contributed by atoms with Crippen LogP contribution in [0.3, 0.4) is 0 Å². The van der Waals surface area contributed by atoms with Crippen LogP contribution in [0.2, 0.25) is 0 Å². The van der Waals surface area contributed by atoms with Crippen LogP contribution in [0.1, 0.15) is 45.2 Å². The number of aliphatic hydroxyl groups is 1. The minimum absolute atomic E-state index is 0.0326. The number of aryl methyl sites for hydroxylation is 1. The quantitative estimate of drug-likeness (QED) is 0.751. The van der Waals surface area contributed by atoms with E-state index in [9.17, 15) is 9.90 Å². The van der Waals surface area contributed by atoms with E-state index in [4.69, 9.17) is 10.5 Å². The van der Waals surface area contributed by atoms with Gasteiger partial charge < -0.3 is 20.9 Å². The zero-order valence-electron chi connectivity index (χ0n) is 16.3. The molecule has 1 saturated carbocycles. The van der Waals surface area contributed by atoms with Gasteiger partial charge in [0.1, 0.15) is 12.4 Å². The van der Waals surface area contributed by atoms with Crippen LogP contribution in [0.5, 0.6) is 5.75 Å². The van der Waals surface area contributed by atoms with Crippen LogP contribution in [0.4, 0.5) is 5.69 Å². The first-order chi connectivity index (χ1) is 12.7. The average molecular weight is 371 g/mol. The molecule has 27 heavy (non-hydrogen) atoms. The van der Waals surface area contributed by atoms with E-state index in [0.717, 1.165) is 29.4 Å². The second-order valence-corrected chi connectivity index (χ2v) is 8.17. The highest BCUT2D eigenvalue weighted by atomic mass is 16.5. The van der Waals surface area contributed by atoms with Gasteiger partial charge in [0.25, 0.3) is 0 Å². The number of nitrogens with one attached hydrogen (secondary N) is 1. The summed E-state index contributed by atoms with van der Waals surface area (Å²) in [5.41, 5.74) is 7.95. The Labute approximate surface area is 160 Å². The molecule has 6 nitrogen and oxygen atoms in total. The number of carbonyl (C=O) groups is 1. The van der Waals surface area contributed by atoms with Gasteiger partial charge in [-0.15, -0.1) is 0 Å². The van der Waals surface area contributed by atoms with E-state index >= 15 is 0 Å². The van der Waals surface area contributed by atoms with Crippen LogP contribution >= 0.6 is 0 Å². The molecular formula is C21H29N3O3. The Morgan fingerprint density at radius 3 is 2.74 bits per heavy atom. The molecule has 0 radical (unpaired) electrons. The molecular weight excluding hydrogens is 342 g/mol. The van der Waals surface area contributed by atoms with Crippen LogP contribution in [-0.2, 0) is 4.79 Å². The fraction of sp³-hybridized carbons (Fsp3) is 0.524. The predicted molar refractivity (Wildman–Crippen MR) is 107 cm³/mol. The molecule has 0 spiro atoms. The Hall–Kier alpha value is -2.34. The number of hydrogen-bond acceptors (Lipinski definition) is 5. The number of amides is 1. The molecule has 1 heterocycles.